The summed E-state index contributed by atoms with van der Waals surface area (Å²) in [7, 11) is 0. The Hall–Kier alpha value is -3.51. The number of nitrogens with zero attached hydrogens (tertiary/aromatic N) is 3. The number of fused-ring (bicyclic) bond motifs is 1. The molecule has 0 saturated carbocycles. The predicted octanol–water partition coefficient (Wildman–Crippen LogP) is -0.945. The smallest absolute Gasteiger partial charge is 0.404 e. The van der Waals surface area contributed by atoms with E-state index in [0.717, 1.165) is 28.0 Å². The number of ether oxygens (including phenoxy) is 1. The first-order valence-corrected chi connectivity index (χ1v) is 12.4. The Kier molecular flexibility index (Phi) is 8.41. The van der Waals surface area contributed by atoms with Crippen molar-refractivity contribution in [3.63, 3.8) is 0 Å². The average Bonchev–Trinajstić information content (AvgIpc) is 3.22. The van der Waals surface area contributed by atoms with Gasteiger partial charge in [0.25, 0.3) is 11.8 Å². The minimum Gasteiger partial charge on any atom is -0.479 e. The van der Waals surface area contributed by atoms with Gasteiger partial charge in [-0.1, -0.05) is 5.16 Å². The fourth-order valence-corrected chi connectivity index (χ4v) is 5.99. The Bertz CT molecular complexity index is 1120. The van der Waals surface area contributed by atoms with Gasteiger partial charge in [-0.15, -0.1) is 34.9 Å². The number of carbonyl (C=O) groups excluding carboxylic acids is 3. The molecule has 1 fully saturated rings. The van der Waals surface area contributed by atoms with E-state index < -0.39 is 53.6 Å². The number of thiazole rings is 1. The summed E-state index contributed by atoms with van der Waals surface area (Å²) in [5.41, 5.74) is 9.87. The van der Waals surface area contributed by atoms with Crippen LogP contribution in [0.2, 0.25) is 0 Å². The maximum atomic E-state index is 12.9. The molecule has 1 saturated heterocycles. The highest BCUT2D eigenvalue weighted by Crippen LogP contribution is 2.43. The molecule has 0 aliphatic carbocycles. The zero-order valence-corrected chi connectivity index (χ0v) is 20.0. The molecule has 15 nitrogen and oxygen atoms in total. The Morgan fingerprint density at radius 1 is 1.34 bits per heavy atom. The highest BCUT2D eigenvalue weighted by atomic mass is 32.2. The number of anilines is 1. The second-order valence-electron chi connectivity index (χ2n) is 6.63. The number of aliphatic carboxylic acids is 2. The van der Waals surface area contributed by atoms with Crippen molar-refractivity contribution in [2.24, 2.45) is 10.9 Å². The monoisotopic (exact) mass is 546 g/mol. The first-order valence-electron chi connectivity index (χ1n) is 9.50. The van der Waals surface area contributed by atoms with Crippen LogP contribution < -0.4 is 16.8 Å². The van der Waals surface area contributed by atoms with Gasteiger partial charge in [-0.3, -0.25) is 14.5 Å². The van der Waals surface area contributed by atoms with Crippen LogP contribution in [0.15, 0.2) is 21.1 Å². The van der Waals surface area contributed by atoms with E-state index in [-0.39, 0.29) is 34.6 Å². The van der Waals surface area contributed by atoms with Gasteiger partial charge in [0.05, 0.1) is 0 Å². The fraction of sp³-hybridized carbons (Fsp3) is 0.353. The lowest BCUT2D eigenvalue weighted by atomic mass is 10.0. The molecule has 0 bridgehead atoms. The largest absolute Gasteiger partial charge is 0.479 e. The standard InChI is InChI=1S/C17H18N6O9S3/c18-16-20-6(4-35-16)9(22-32-3-8(24)25)12(26)21-10-13(27)23-11(15(28)29)7(5-34-14(10)23)33-2-1-31-17(19)30/h4,10,14H,1-3,5H2,(H2,18,20)(H2,19,30)(H,21,26)(H,24,25)(H,28,29)/b22-9-/t10-,14-/m0/s1. The number of thioether (sulfide) groups is 2. The van der Waals surface area contributed by atoms with Crippen LogP contribution in [0.25, 0.3) is 0 Å². The molecule has 2 aliphatic rings. The predicted molar refractivity (Wildman–Crippen MR) is 124 cm³/mol. The zero-order chi connectivity index (χ0) is 25.7. The summed E-state index contributed by atoms with van der Waals surface area (Å²) in [5.74, 6) is -3.73. The molecule has 2 aliphatic heterocycles. The van der Waals surface area contributed by atoms with Crippen LogP contribution in [0.3, 0.4) is 0 Å². The van der Waals surface area contributed by atoms with Crippen molar-refractivity contribution in [3.05, 3.63) is 21.7 Å². The van der Waals surface area contributed by atoms with Crippen LogP contribution in [-0.2, 0) is 28.8 Å². The van der Waals surface area contributed by atoms with Crippen molar-refractivity contribution in [2.75, 3.05) is 30.5 Å². The summed E-state index contributed by atoms with van der Waals surface area (Å²) in [6, 6.07) is -1.08. The molecule has 3 amide bonds. The van der Waals surface area contributed by atoms with Gasteiger partial charge < -0.3 is 36.6 Å². The van der Waals surface area contributed by atoms with E-state index in [1.54, 1.807) is 0 Å². The number of hydrogen-bond acceptors (Lipinski definition) is 13. The van der Waals surface area contributed by atoms with Crippen molar-refractivity contribution < 1.29 is 43.8 Å². The van der Waals surface area contributed by atoms with Crippen LogP contribution in [-0.4, -0.2) is 91.8 Å². The van der Waals surface area contributed by atoms with Crippen molar-refractivity contribution in [1.82, 2.24) is 15.2 Å². The number of aromatic nitrogens is 1. The first kappa shape index (κ1) is 26.1. The number of nitrogens with two attached hydrogens (primary N) is 2. The summed E-state index contributed by atoms with van der Waals surface area (Å²) in [5, 5.41) is 25.2. The van der Waals surface area contributed by atoms with Crippen molar-refractivity contribution in [3.8, 4) is 0 Å². The van der Waals surface area contributed by atoms with Crippen molar-refractivity contribution in [1.29, 1.82) is 0 Å². The molecule has 0 unspecified atom stereocenters. The Balaban J connectivity index is 1.72. The van der Waals surface area contributed by atoms with Crippen molar-refractivity contribution >= 4 is 75.6 Å². The molecular weight excluding hydrogens is 528 g/mol. The normalized spacial score (nSPS) is 19.5. The quantitative estimate of drug-likeness (QED) is 0.0975. The lowest BCUT2D eigenvalue weighted by Crippen LogP contribution is -2.71. The fourth-order valence-electron chi connectivity index (χ4n) is 2.97. The third kappa shape index (κ3) is 6.14. The Labute approximate surface area is 208 Å². The maximum Gasteiger partial charge on any atom is 0.404 e. The van der Waals surface area contributed by atoms with Crippen LogP contribution in [0.1, 0.15) is 5.69 Å². The minimum absolute atomic E-state index is 0.0123. The van der Waals surface area contributed by atoms with E-state index in [2.05, 4.69) is 25.0 Å². The SMILES string of the molecule is NC(=O)OCCSC1=C(C(=O)O)N2C(=O)[C@H](NC(=O)/C(=N\OCC(=O)O)c3csc(N)n3)[C@@H]2SC1. The molecule has 3 heterocycles. The van der Waals surface area contributed by atoms with Gasteiger partial charge in [-0.25, -0.2) is 19.4 Å². The van der Waals surface area contributed by atoms with Crippen LogP contribution in [0.4, 0.5) is 9.93 Å². The third-order valence-electron chi connectivity index (χ3n) is 4.35. The lowest BCUT2D eigenvalue weighted by molar-refractivity contribution is -0.150. The summed E-state index contributed by atoms with van der Waals surface area (Å²) in [4.78, 5) is 68.9. The highest BCUT2D eigenvalue weighted by Gasteiger charge is 2.54. The summed E-state index contributed by atoms with van der Waals surface area (Å²) >= 11 is 3.34. The number of nitrogen functional groups attached to an aromatic ring is 1. The molecule has 0 spiro atoms. The molecule has 0 aromatic carbocycles. The zero-order valence-electron chi connectivity index (χ0n) is 17.5. The maximum absolute atomic E-state index is 12.9. The van der Waals surface area contributed by atoms with E-state index in [9.17, 15) is 29.1 Å². The number of β-lactam (4-membered cyclic amide) rings is 1. The van der Waals surface area contributed by atoms with Gasteiger partial charge in [0.2, 0.25) is 6.61 Å². The number of hydrogen-bond donors (Lipinski definition) is 5. The Morgan fingerprint density at radius 3 is 2.69 bits per heavy atom. The average molecular weight is 547 g/mol. The second kappa shape index (κ2) is 11.3. The molecule has 3 rings (SSSR count). The molecule has 7 N–H and O–H groups in total. The third-order valence-corrected chi connectivity index (χ3v) is 7.54. The topological polar surface area (TPSA) is 237 Å². The number of carbonyl (C=O) groups is 5. The van der Waals surface area contributed by atoms with E-state index >= 15 is 0 Å². The van der Waals surface area contributed by atoms with Crippen LogP contribution >= 0.6 is 34.9 Å². The number of carboxylic acids is 2. The first-order chi connectivity index (χ1) is 16.6. The number of nitrogens with one attached hydrogen (secondary N) is 1. The number of carboxylic acid groups (broad SMARTS) is 2. The molecule has 35 heavy (non-hydrogen) atoms. The minimum atomic E-state index is -1.32. The number of amides is 3. The van der Waals surface area contributed by atoms with E-state index in [4.69, 9.17) is 16.6 Å². The van der Waals surface area contributed by atoms with Gasteiger partial charge in [0.15, 0.2) is 10.8 Å². The van der Waals surface area contributed by atoms with E-state index in [0.29, 0.717) is 4.91 Å². The number of primary amides is 1. The van der Waals surface area contributed by atoms with Gasteiger partial charge in [-0.2, -0.15) is 0 Å². The Morgan fingerprint density at radius 2 is 2.09 bits per heavy atom. The van der Waals surface area contributed by atoms with Crippen LogP contribution in [0.5, 0.6) is 0 Å². The van der Waals surface area contributed by atoms with Crippen molar-refractivity contribution in [2.45, 2.75) is 11.4 Å². The van der Waals surface area contributed by atoms with E-state index in [1.165, 1.54) is 17.1 Å². The highest BCUT2D eigenvalue weighted by molar-refractivity contribution is 8.06. The van der Waals surface area contributed by atoms with Gasteiger partial charge in [0, 0.05) is 21.8 Å². The van der Waals surface area contributed by atoms with Crippen LogP contribution in [0, 0.1) is 0 Å². The molecular formula is C17H18N6O9S3. The molecule has 1 aromatic heterocycles. The molecule has 1 aromatic rings. The number of rotatable bonds is 11. The van der Waals surface area contributed by atoms with E-state index in [1.807, 2.05) is 0 Å². The molecule has 0 radical (unpaired) electrons. The summed E-state index contributed by atoms with van der Waals surface area (Å²) in [6.07, 6.45) is -0.954. The number of oxime groups is 1. The second-order valence-corrected chi connectivity index (χ2v) is 9.82. The van der Waals surface area contributed by atoms with Gasteiger partial charge in [-0.05, 0) is 0 Å². The summed E-state index contributed by atoms with van der Waals surface area (Å²) < 4.78 is 4.62. The molecule has 188 valence electrons. The van der Waals surface area contributed by atoms with Gasteiger partial charge in [0.1, 0.15) is 29.4 Å². The molecule has 2 atom stereocenters. The van der Waals surface area contributed by atoms with Gasteiger partial charge >= 0.3 is 18.0 Å². The lowest BCUT2D eigenvalue weighted by Gasteiger charge is -2.49. The molecule has 18 heteroatoms. The summed E-state index contributed by atoms with van der Waals surface area (Å²) in [6.45, 7) is -0.854.